The predicted octanol–water partition coefficient (Wildman–Crippen LogP) is 1.67. The number of methoxy groups -OCH3 is 1. The van der Waals surface area contributed by atoms with E-state index in [1.165, 1.54) is 12.1 Å². The zero-order valence-electron chi connectivity index (χ0n) is 9.16. The first kappa shape index (κ1) is 14.9. The van der Waals surface area contributed by atoms with Gasteiger partial charge in [-0.25, -0.2) is 10.2 Å². The highest BCUT2D eigenvalue weighted by Gasteiger charge is 2.23. The summed E-state index contributed by atoms with van der Waals surface area (Å²) in [5.41, 5.74) is 2.78. The Morgan fingerprint density at radius 1 is 1.44 bits per heavy atom. The molecule has 0 fully saturated rings. The molecular weight excluding hydrogens is 344 g/mol. The maximum Gasteiger partial charge on any atom is 0.426 e. The van der Waals surface area contributed by atoms with Crippen LogP contribution >= 0.6 is 28.1 Å². The van der Waals surface area contributed by atoms with Crippen LogP contribution in [0.25, 0.3) is 0 Å². The molecule has 98 valence electrons. The quantitative estimate of drug-likeness (QED) is 0.658. The van der Waals surface area contributed by atoms with Gasteiger partial charge in [0.15, 0.2) is 0 Å². The molecular formula is C9H9BrN2O4S2. The number of hydrogen-bond acceptors (Lipinski definition) is 5. The van der Waals surface area contributed by atoms with E-state index in [1.54, 1.807) is 12.1 Å². The Morgan fingerprint density at radius 3 is 2.44 bits per heavy atom. The second-order valence-electron chi connectivity index (χ2n) is 2.96. The molecule has 1 amide bonds. The van der Waals surface area contributed by atoms with Gasteiger partial charge in [0.05, 0.1) is 12.0 Å². The normalized spacial score (nSPS) is 10.6. The Morgan fingerprint density at radius 2 is 2.00 bits per heavy atom. The van der Waals surface area contributed by atoms with Gasteiger partial charge in [-0.15, -0.1) is 0 Å². The Kier molecular flexibility index (Phi) is 5.05. The van der Waals surface area contributed by atoms with E-state index >= 15 is 0 Å². The molecule has 0 aromatic heterocycles. The van der Waals surface area contributed by atoms with Gasteiger partial charge in [0.1, 0.15) is 5.49 Å². The van der Waals surface area contributed by atoms with E-state index in [9.17, 15) is 13.2 Å². The van der Waals surface area contributed by atoms with Crippen molar-refractivity contribution in [2.45, 2.75) is 4.90 Å². The van der Waals surface area contributed by atoms with Crippen LogP contribution in [0.5, 0.6) is 0 Å². The molecule has 0 saturated carbocycles. The van der Waals surface area contributed by atoms with E-state index in [4.69, 9.17) is 0 Å². The topological polar surface area (TPSA) is 75.7 Å². The summed E-state index contributed by atoms with van der Waals surface area (Å²) < 4.78 is 29.7. The van der Waals surface area contributed by atoms with Crippen molar-refractivity contribution in [1.29, 1.82) is 0 Å². The van der Waals surface area contributed by atoms with Gasteiger partial charge in [0.25, 0.3) is 10.0 Å². The lowest BCUT2D eigenvalue weighted by atomic mass is 10.4. The van der Waals surface area contributed by atoms with Crippen molar-refractivity contribution in [3.05, 3.63) is 28.7 Å². The third kappa shape index (κ3) is 3.40. The van der Waals surface area contributed by atoms with Crippen molar-refractivity contribution in [2.24, 2.45) is 0 Å². The lowest BCUT2D eigenvalue weighted by molar-refractivity contribution is 0.160. The number of nitrogens with zero attached hydrogens (tertiary/aromatic N) is 1. The maximum absolute atomic E-state index is 12.1. The molecule has 0 aliphatic rings. The molecule has 0 unspecified atom stereocenters. The molecule has 1 N–H and O–H groups in total. The molecule has 0 spiro atoms. The summed E-state index contributed by atoms with van der Waals surface area (Å²) in [5, 5.41) is 0. The van der Waals surface area contributed by atoms with Gasteiger partial charge >= 0.3 is 6.09 Å². The first-order valence-corrected chi connectivity index (χ1v) is 7.22. The number of halogens is 1. The molecule has 1 aromatic rings. The molecule has 0 atom stereocenters. The zero-order chi connectivity index (χ0) is 13.8. The van der Waals surface area contributed by atoms with Crippen LogP contribution in [-0.4, -0.2) is 31.5 Å². The standard InChI is InChI=1S/C9H9BrN2O4S2/c1-16-9(13)11-12(6-17)18(14,15)8-4-2-7(10)3-5-8/h2-6H,1H3,(H,11,13). The van der Waals surface area contributed by atoms with Gasteiger partial charge in [0, 0.05) is 4.47 Å². The number of nitrogens with one attached hydrogen (secondary N) is 1. The minimum atomic E-state index is -3.93. The van der Waals surface area contributed by atoms with Crippen LogP contribution in [0.15, 0.2) is 33.6 Å². The largest absolute Gasteiger partial charge is 0.452 e. The van der Waals surface area contributed by atoms with Crippen molar-refractivity contribution < 1.29 is 17.9 Å². The Labute approximate surface area is 118 Å². The predicted molar refractivity (Wildman–Crippen MR) is 72.4 cm³/mol. The molecule has 1 rings (SSSR count). The third-order valence-electron chi connectivity index (χ3n) is 1.85. The second-order valence-corrected chi connectivity index (χ2v) is 5.91. The number of thiocarbonyl (C=S) groups is 1. The molecule has 6 nitrogen and oxygen atoms in total. The molecule has 0 heterocycles. The number of rotatable bonds is 4. The molecule has 0 bridgehead atoms. The number of amides is 1. The monoisotopic (exact) mass is 352 g/mol. The highest BCUT2D eigenvalue weighted by molar-refractivity contribution is 9.10. The minimum absolute atomic E-state index is 0.0109. The minimum Gasteiger partial charge on any atom is -0.452 e. The number of ether oxygens (including phenoxy) is 1. The average Bonchev–Trinajstić information content (AvgIpc) is 2.35. The molecule has 0 radical (unpaired) electrons. The fourth-order valence-corrected chi connectivity index (χ4v) is 2.67. The number of carbonyl (C=O) groups excluding carboxylic acids is 1. The maximum atomic E-state index is 12.1. The van der Waals surface area contributed by atoms with Crippen molar-refractivity contribution >= 4 is 49.8 Å². The number of carbonyl (C=O) groups is 1. The number of benzene rings is 1. The lowest BCUT2D eigenvalue weighted by Gasteiger charge is -2.18. The highest BCUT2D eigenvalue weighted by atomic mass is 79.9. The average molecular weight is 353 g/mol. The SMILES string of the molecule is COC(=O)NN(C=S)S(=O)(=O)c1ccc(Br)cc1. The van der Waals surface area contributed by atoms with Gasteiger partial charge in [-0.1, -0.05) is 28.1 Å². The Hall–Kier alpha value is -1.19. The van der Waals surface area contributed by atoms with Gasteiger partial charge in [-0.05, 0) is 24.3 Å². The summed E-state index contributed by atoms with van der Waals surface area (Å²) in [6.45, 7) is 0. The van der Waals surface area contributed by atoms with E-state index in [0.29, 0.717) is 4.41 Å². The first-order valence-electron chi connectivity index (χ1n) is 4.51. The van der Waals surface area contributed by atoms with Crippen molar-refractivity contribution in [3.63, 3.8) is 0 Å². The molecule has 18 heavy (non-hydrogen) atoms. The summed E-state index contributed by atoms with van der Waals surface area (Å²) in [6.07, 6.45) is -0.934. The van der Waals surface area contributed by atoms with Crippen LogP contribution in [0.4, 0.5) is 4.79 Å². The zero-order valence-corrected chi connectivity index (χ0v) is 12.4. The van der Waals surface area contributed by atoms with Crippen LogP contribution in [0.2, 0.25) is 0 Å². The number of sulfonamides is 1. The molecule has 1 aromatic carbocycles. The second kappa shape index (κ2) is 6.12. The smallest absolute Gasteiger partial charge is 0.426 e. The van der Waals surface area contributed by atoms with Gasteiger partial charge < -0.3 is 4.74 Å². The first-order chi connectivity index (χ1) is 8.41. The Balaban J connectivity index is 3.07. The Bertz CT molecular complexity index is 544. The van der Waals surface area contributed by atoms with E-state index in [1.807, 2.05) is 5.43 Å². The van der Waals surface area contributed by atoms with Crippen LogP contribution < -0.4 is 5.43 Å². The van der Waals surface area contributed by atoms with Gasteiger partial charge in [-0.3, -0.25) is 0 Å². The fourth-order valence-electron chi connectivity index (χ4n) is 0.999. The molecule has 0 saturated heterocycles. The van der Waals surface area contributed by atoms with Crippen molar-refractivity contribution in [3.8, 4) is 0 Å². The van der Waals surface area contributed by atoms with Crippen molar-refractivity contribution in [1.82, 2.24) is 9.84 Å². The molecule has 0 aliphatic heterocycles. The molecule has 0 aliphatic carbocycles. The third-order valence-corrected chi connectivity index (χ3v) is 4.31. The van der Waals surface area contributed by atoms with E-state index in [0.717, 1.165) is 17.1 Å². The summed E-state index contributed by atoms with van der Waals surface area (Å²) in [6, 6.07) is 5.88. The van der Waals surface area contributed by atoms with E-state index < -0.39 is 16.1 Å². The van der Waals surface area contributed by atoms with E-state index in [2.05, 4.69) is 32.9 Å². The van der Waals surface area contributed by atoms with Crippen LogP contribution in [0, 0.1) is 0 Å². The highest BCUT2D eigenvalue weighted by Crippen LogP contribution is 2.17. The van der Waals surface area contributed by atoms with Gasteiger partial charge in [-0.2, -0.15) is 12.8 Å². The van der Waals surface area contributed by atoms with Crippen LogP contribution in [-0.2, 0) is 14.8 Å². The summed E-state index contributed by atoms with van der Waals surface area (Å²) in [4.78, 5) is 11.0. The molecule has 9 heteroatoms. The fraction of sp³-hybridized carbons (Fsp3) is 0.111. The van der Waals surface area contributed by atoms with Gasteiger partial charge in [0.2, 0.25) is 0 Å². The number of hydrogen-bond donors (Lipinski definition) is 1. The number of hydrazine groups is 1. The lowest BCUT2D eigenvalue weighted by Crippen LogP contribution is -2.44. The van der Waals surface area contributed by atoms with Crippen LogP contribution in [0.3, 0.4) is 0 Å². The summed E-state index contributed by atoms with van der Waals surface area (Å²) in [5.74, 6) is 0. The summed E-state index contributed by atoms with van der Waals surface area (Å²) in [7, 11) is -2.82. The van der Waals surface area contributed by atoms with E-state index in [-0.39, 0.29) is 4.90 Å². The summed E-state index contributed by atoms with van der Waals surface area (Å²) >= 11 is 7.75. The van der Waals surface area contributed by atoms with Crippen molar-refractivity contribution in [2.75, 3.05) is 7.11 Å². The van der Waals surface area contributed by atoms with Crippen LogP contribution in [0.1, 0.15) is 0 Å².